The van der Waals surface area contributed by atoms with Crippen LogP contribution in [0.5, 0.6) is 0 Å². The second kappa shape index (κ2) is 12.5. The second-order valence-corrected chi connectivity index (χ2v) is 13.5. The number of alkyl halides is 8. The first kappa shape index (κ1) is 36.0. The van der Waals surface area contributed by atoms with Crippen molar-refractivity contribution >= 4 is 58.0 Å². The smallest absolute Gasteiger partial charge is 0.326 e. The van der Waals surface area contributed by atoms with Crippen LogP contribution < -0.4 is 5.32 Å². The fraction of sp³-hybridized carbons (Fsp3) is 0.344. The summed E-state index contributed by atoms with van der Waals surface area (Å²) < 4.78 is 122. The van der Waals surface area contributed by atoms with Crippen LogP contribution in [-0.4, -0.2) is 28.0 Å². The zero-order valence-electron chi connectivity index (χ0n) is 24.1. The maximum Gasteiger partial charge on any atom is 0.419 e. The van der Waals surface area contributed by atoms with Crippen molar-refractivity contribution < 1.29 is 53.9 Å². The molecule has 0 radical (unpaired) electrons. The third kappa shape index (κ3) is 6.53. The summed E-state index contributed by atoms with van der Waals surface area (Å²) in [7, 11) is 0. The fourth-order valence-corrected chi connectivity index (χ4v) is 6.90. The van der Waals surface area contributed by atoms with Crippen LogP contribution >= 0.6 is 34.8 Å². The van der Waals surface area contributed by atoms with E-state index in [1.54, 1.807) is 0 Å². The molecule has 0 unspecified atom stereocenters. The highest BCUT2D eigenvalue weighted by molar-refractivity contribution is 6.53. The molecule has 0 spiro atoms. The Labute approximate surface area is 281 Å². The molecular weight excluding hydrogens is 724 g/mol. The molecule has 256 valence electrons. The van der Waals surface area contributed by atoms with Crippen LogP contribution in [0.25, 0.3) is 0 Å². The lowest BCUT2D eigenvalue weighted by atomic mass is 9.64. The van der Waals surface area contributed by atoms with Gasteiger partial charge in [0.1, 0.15) is 27.2 Å². The minimum Gasteiger partial charge on any atom is -0.326 e. The molecule has 2 atom stereocenters. The Bertz CT molecular complexity index is 1820. The van der Waals surface area contributed by atoms with Gasteiger partial charge in [0.25, 0.3) is 0 Å². The largest absolute Gasteiger partial charge is 0.419 e. The van der Waals surface area contributed by atoms with Crippen LogP contribution in [0.3, 0.4) is 0 Å². The number of rotatable bonds is 9. The van der Waals surface area contributed by atoms with Gasteiger partial charge in [0.05, 0.1) is 16.5 Å². The summed E-state index contributed by atoms with van der Waals surface area (Å²) in [6.07, 6.45) is -12.7. The SMILES string of the molecule is O=C(Cc1ccc(F)c(CC(=O)C2(C(F)(F)F)CCC2)c1F)c1cc(NC(=O)[C@H]2[C@H](c3ccc(F)c(C(F)(F)F)c3)C2(Cl)Cl)ccc1Cl. The molecular formula is C32H21Cl3F9NO3. The van der Waals surface area contributed by atoms with Gasteiger partial charge < -0.3 is 5.32 Å². The first-order valence-electron chi connectivity index (χ1n) is 14.1. The number of hydrogen-bond acceptors (Lipinski definition) is 3. The Morgan fingerprint density at radius 1 is 0.854 bits per heavy atom. The summed E-state index contributed by atoms with van der Waals surface area (Å²) in [5, 5.41) is 2.26. The highest BCUT2D eigenvalue weighted by Crippen LogP contribution is 2.65. The standard InChI is InChI=1S/C32H21Cl3F9NO3/c33-20-5-4-16(45-28(48)26-25(30(26,34)35)14-2-7-22(37)19(10-14)31(39,40)41)12-17(20)23(46)11-15-3-6-21(36)18(27(15)38)13-24(47)29(8-1-9-29)32(42,43)44/h2-7,10,12,25-26H,1,8-9,11,13H2,(H,45,48)/t25-,26+/m0/s1. The first-order chi connectivity index (χ1) is 22.2. The van der Waals surface area contributed by atoms with E-state index in [9.17, 15) is 49.5 Å². The fourth-order valence-electron chi connectivity index (χ4n) is 5.85. The lowest BCUT2D eigenvalue weighted by Gasteiger charge is -2.41. The molecule has 2 aliphatic rings. The predicted octanol–water partition coefficient (Wildman–Crippen LogP) is 9.57. The predicted molar refractivity (Wildman–Crippen MR) is 158 cm³/mol. The number of Topliss-reactive ketones (excluding diaryl/α,β-unsaturated/α-hetero) is 2. The summed E-state index contributed by atoms with van der Waals surface area (Å²) in [6.45, 7) is 0. The van der Waals surface area contributed by atoms with Crippen LogP contribution in [0.2, 0.25) is 5.02 Å². The Kier molecular flexibility index (Phi) is 9.41. The number of anilines is 1. The summed E-state index contributed by atoms with van der Waals surface area (Å²) in [6, 6.07) is 7.26. The molecule has 0 bridgehead atoms. The summed E-state index contributed by atoms with van der Waals surface area (Å²) in [5.41, 5.74) is -6.07. The van der Waals surface area contributed by atoms with Gasteiger partial charge in [0.2, 0.25) is 5.91 Å². The van der Waals surface area contributed by atoms with E-state index in [1.165, 1.54) is 12.1 Å². The number of benzene rings is 3. The molecule has 0 saturated heterocycles. The van der Waals surface area contributed by atoms with Crippen LogP contribution in [0, 0.1) is 28.8 Å². The normalized spacial score (nSPS) is 19.8. The Hall–Kier alpha value is -3.29. The Morgan fingerprint density at radius 2 is 1.50 bits per heavy atom. The highest BCUT2D eigenvalue weighted by atomic mass is 35.5. The van der Waals surface area contributed by atoms with Crippen molar-refractivity contribution in [2.45, 2.75) is 54.7 Å². The summed E-state index contributed by atoms with van der Waals surface area (Å²) in [4.78, 5) is 38.8. The lowest BCUT2D eigenvalue weighted by molar-refractivity contribution is -0.241. The van der Waals surface area contributed by atoms with Crippen molar-refractivity contribution in [1.29, 1.82) is 0 Å². The highest BCUT2D eigenvalue weighted by Gasteiger charge is 2.68. The van der Waals surface area contributed by atoms with Crippen LogP contribution in [-0.2, 0) is 28.6 Å². The van der Waals surface area contributed by atoms with Crippen LogP contribution in [0.1, 0.15) is 57.8 Å². The summed E-state index contributed by atoms with van der Waals surface area (Å²) >= 11 is 18.6. The van der Waals surface area contributed by atoms with Gasteiger partial charge in [-0.1, -0.05) is 30.2 Å². The molecule has 16 heteroatoms. The number of hydrogen-bond donors (Lipinski definition) is 1. The van der Waals surface area contributed by atoms with E-state index in [4.69, 9.17) is 34.8 Å². The van der Waals surface area contributed by atoms with E-state index in [0.29, 0.717) is 12.1 Å². The molecule has 1 N–H and O–H groups in total. The minimum absolute atomic E-state index is 0.0542. The number of nitrogens with one attached hydrogen (secondary N) is 1. The molecule has 4 nitrogen and oxygen atoms in total. The van der Waals surface area contributed by atoms with Gasteiger partial charge in [-0.25, -0.2) is 13.2 Å². The molecule has 2 fully saturated rings. The molecule has 48 heavy (non-hydrogen) atoms. The third-order valence-electron chi connectivity index (χ3n) is 8.76. The molecule has 3 aromatic rings. The minimum atomic E-state index is -5.03. The topological polar surface area (TPSA) is 63.2 Å². The molecule has 5 rings (SSSR count). The first-order valence-corrected chi connectivity index (χ1v) is 15.3. The van der Waals surface area contributed by atoms with Crippen molar-refractivity contribution in [3.05, 3.63) is 98.8 Å². The Morgan fingerprint density at radius 3 is 2.08 bits per heavy atom. The quantitative estimate of drug-likeness (QED) is 0.135. The third-order valence-corrected chi connectivity index (χ3v) is 10.0. The zero-order chi connectivity index (χ0) is 35.6. The molecule has 2 aliphatic carbocycles. The van der Waals surface area contributed by atoms with Gasteiger partial charge in [-0.05, 0) is 60.4 Å². The molecule has 0 aromatic heterocycles. The lowest BCUT2D eigenvalue weighted by Crippen LogP contribution is -2.50. The van der Waals surface area contributed by atoms with E-state index in [2.05, 4.69) is 5.32 Å². The number of amides is 1. The monoisotopic (exact) mass is 743 g/mol. The second-order valence-electron chi connectivity index (χ2n) is 11.7. The van der Waals surface area contributed by atoms with Gasteiger partial charge >= 0.3 is 12.4 Å². The van der Waals surface area contributed by atoms with Crippen LogP contribution in [0.4, 0.5) is 45.2 Å². The van der Waals surface area contributed by atoms with E-state index < -0.39 is 111 Å². The zero-order valence-corrected chi connectivity index (χ0v) is 26.3. The van der Waals surface area contributed by atoms with E-state index in [0.717, 1.165) is 24.3 Å². The van der Waals surface area contributed by atoms with Crippen LogP contribution in [0.15, 0.2) is 48.5 Å². The maximum absolute atomic E-state index is 15.4. The van der Waals surface area contributed by atoms with Gasteiger partial charge in [0, 0.05) is 35.6 Å². The van der Waals surface area contributed by atoms with Crippen molar-refractivity contribution in [3.8, 4) is 0 Å². The maximum atomic E-state index is 15.4. The van der Waals surface area contributed by atoms with E-state index in [1.807, 2.05) is 0 Å². The average Bonchev–Trinajstić information content (AvgIpc) is 3.53. The molecule has 0 heterocycles. The Balaban J connectivity index is 1.32. The van der Waals surface area contributed by atoms with E-state index >= 15 is 4.39 Å². The van der Waals surface area contributed by atoms with E-state index in [-0.39, 0.29) is 28.3 Å². The number of carbonyl (C=O) groups excluding carboxylic acids is 3. The van der Waals surface area contributed by atoms with Gasteiger partial charge in [0.15, 0.2) is 11.6 Å². The van der Waals surface area contributed by atoms with Crippen molar-refractivity contribution in [2.24, 2.45) is 11.3 Å². The number of carbonyl (C=O) groups is 3. The van der Waals surface area contributed by atoms with Gasteiger partial charge in [-0.3, -0.25) is 14.4 Å². The van der Waals surface area contributed by atoms with Crippen molar-refractivity contribution in [1.82, 2.24) is 0 Å². The average molecular weight is 745 g/mol. The summed E-state index contributed by atoms with van der Waals surface area (Å²) in [5.74, 6) is -9.74. The number of halogens is 12. The van der Waals surface area contributed by atoms with Crippen molar-refractivity contribution in [2.75, 3.05) is 5.32 Å². The van der Waals surface area contributed by atoms with Crippen molar-refractivity contribution in [3.63, 3.8) is 0 Å². The van der Waals surface area contributed by atoms with Gasteiger partial charge in [-0.15, -0.1) is 23.2 Å². The van der Waals surface area contributed by atoms with Gasteiger partial charge in [-0.2, -0.15) is 26.3 Å². The molecule has 2 saturated carbocycles. The molecule has 1 amide bonds. The molecule has 0 aliphatic heterocycles. The molecule has 3 aromatic carbocycles. The number of ketones is 2.